The predicted octanol–water partition coefficient (Wildman–Crippen LogP) is 1.76. The lowest BCUT2D eigenvalue weighted by atomic mass is 9.99. The molecule has 4 N–H and O–H groups in total. The number of hydrogen-bond donors (Lipinski definition) is 4. The van der Waals surface area contributed by atoms with Gasteiger partial charge in [-0.25, -0.2) is 0 Å². The fraction of sp³-hybridized carbons (Fsp3) is 0.143. The summed E-state index contributed by atoms with van der Waals surface area (Å²) in [5, 5.41) is 47.3. The van der Waals surface area contributed by atoms with Crippen molar-refractivity contribution >= 4 is 0 Å². The summed E-state index contributed by atoms with van der Waals surface area (Å²) >= 11 is 0. The molecule has 0 aliphatic rings. The van der Waals surface area contributed by atoms with E-state index in [0.717, 1.165) is 11.1 Å². The average Bonchev–Trinajstić information content (AvgIpc) is 2.54. The second-order valence-corrected chi connectivity index (χ2v) is 4.19. The van der Waals surface area contributed by atoms with E-state index in [0.29, 0.717) is 0 Å². The molecule has 2 aromatic carbocycles. The molecule has 10 nitrogen and oxygen atoms in total. The molecule has 0 spiro atoms. The highest BCUT2D eigenvalue weighted by Crippen LogP contribution is 2.27. The molecule has 130 valence electrons. The third kappa shape index (κ3) is 9.65. The van der Waals surface area contributed by atoms with E-state index in [4.69, 9.17) is 30.6 Å². The molecule has 2 rings (SSSR count). The summed E-state index contributed by atoms with van der Waals surface area (Å²) in [6, 6.07) is 18.3. The van der Waals surface area contributed by atoms with Crippen molar-refractivity contribution in [3.8, 4) is 0 Å². The maximum atomic E-state index is 9.99. The molecule has 0 fully saturated rings. The third-order valence-electron chi connectivity index (χ3n) is 2.58. The van der Waals surface area contributed by atoms with Crippen LogP contribution >= 0.6 is 0 Å². The summed E-state index contributed by atoms with van der Waals surface area (Å²) in [6.07, 6.45) is -1.77. The molecule has 0 heterocycles. The lowest BCUT2D eigenvalue weighted by Crippen LogP contribution is -2.09. The molecule has 24 heavy (non-hydrogen) atoms. The smallest absolute Gasteiger partial charge is 0.291 e. The second kappa shape index (κ2) is 11.3. The number of aliphatic hydroxyl groups is 2. The van der Waals surface area contributed by atoms with E-state index < -0.39 is 22.4 Å². The lowest BCUT2D eigenvalue weighted by Gasteiger charge is -2.18. The van der Waals surface area contributed by atoms with Gasteiger partial charge >= 0.3 is 0 Å². The maximum Gasteiger partial charge on any atom is 0.291 e. The van der Waals surface area contributed by atoms with Crippen LogP contribution in [0.5, 0.6) is 0 Å². The highest BCUT2D eigenvalue weighted by molar-refractivity contribution is 5.24. The van der Waals surface area contributed by atoms with E-state index in [1.807, 2.05) is 36.4 Å². The predicted molar refractivity (Wildman–Crippen MR) is 80.4 cm³/mol. The van der Waals surface area contributed by atoms with Crippen molar-refractivity contribution < 1.29 is 30.8 Å². The van der Waals surface area contributed by atoms with E-state index in [-0.39, 0.29) is 0 Å². The molecule has 0 saturated carbocycles. The van der Waals surface area contributed by atoms with E-state index in [1.54, 1.807) is 24.3 Å². The average molecular weight is 340 g/mol. The standard InChI is InChI=1S/C14H14O2.2HNO3/c15-13(11-7-3-1-4-8-11)14(16)12-9-5-2-6-10-12;2*2-1(3)4/h1-10,13-16H;2*(H,2,3,4). The zero-order valence-electron chi connectivity index (χ0n) is 12.2. The van der Waals surface area contributed by atoms with Crippen LogP contribution in [0.2, 0.25) is 0 Å². The van der Waals surface area contributed by atoms with Crippen LogP contribution < -0.4 is 0 Å². The quantitative estimate of drug-likeness (QED) is 0.484. The Kier molecular flexibility index (Phi) is 9.81. The Morgan fingerprint density at radius 3 is 1.08 bits per heavy atom. The first-order chi connectivity index (χ1) is 11.3. The van der Waals surface area contributed by atoms with Gasteiger partial charge in [0, 0.05) is 0 Å². The van der Waals surface area contributed by atoms with Gasteiger partial charge in [0.2, 0.25) is 0 Å². The van der Waals surface area contributed by atoms with Crippen molar-refractivity contribution in [2.75, 3.05) is 0 Å². The van der Waals surface area contributed by atoms with Crippen LogP contribution in [0.25, 0.3) is 0 Å². The minimum Gasteiger partial charge on any atom is -0.385 e. The van der Waals surface area contributed by atoms with Crippen LogP contribution in [-0.4, -0.2) is 30.8 Å². The molecule has 0 aliphatic carbocycles. The molecule has 0 amide bonds. The molecule has 0 saturated heterocycles. The number of benzene rings is 2. The van der Waals surface area contributed by atoms with Gasteiger partial charge in [-0.1, -0.05) is 60.7 Å². The van der Waals surface area contributed by atoms with Crippen LogP contribution in [0.1, 0.15) is 23.3 Å². The Labute approximate surface area is 136 Å². The highest BCUT2D eigenvalue weighted by atomic mass is 16.9. The zero-order chi connectivity index (χ0) is 18.5. The molecule has 0 aromatic heterocycles. The molecular formula is C14H16N2O8. The van der Waals surface area contributed by atoms with Crippen LogP contribution in [-0.2, 0) is 0 Å². The van der Waals surface area contributed by atoms with Gasteiger partial charge in [0.25, 0.3) is 10.2 Å². The fourth-order valence-corrected chi connectivity index (χ4v) is 1.67. The number of hydrogen-bond acceptors (Lipinski definition) is 6. The summed E-state index contributed by atoms with van der Waals surface area (Å²) in [6.45, 7) is 0. The van der Waals surface area contributed by atoms with Crippen LogP contribution in [0.3, 0.4) is 0 Å². The molecule has 0 bridgehead atoms. The Morgan fingerprint density at radius 2 is 0.875 bits per heavy atom. The fourth-order valence-electron chi connectivity index (χ4n) is 1.67. The molecule has 0 aliphatic heterocycles. The first-order valence-electron chi connectivity index (χ1n) is 6.38. The second-order valence-electron chi connectivity index (χ2n) is 4.19. The van der Waals surface area contributed by atoms with Gasteiger partial charge in [-0.3, -0.25) is 0 Å². The minimum absolute atomic E-state index is 0.721. The van der Waals surface area contributed by atoms with Gasteiger partial charge in [-0.15, -0.1) is 20.2 Å². The van der Waals surface area contributed by atoms with Gasteiger partial charge < -0.3 is 20.6 Å². The van der Waals surface area contributed by atoms with Crippen molar-refractivity contribution in [3.63, 3.8) is 0 Å². The van der Waals surface area contributed by atoms with E-state index in [9.17, 15) is 10.2 Å². The summed E-state index contributed by atoms with van der Waals surface area (Å²) in [4.78, 5) is 16.7. The van der Waals surface area contributed by atoms with Crippen molar-refractivity contribution in [3.05, 3.63) is 92.0 Å². The van der Waals surface area contributed by atoms with Gasteiger partial charge in [0.05, 0.1) is 0 Å². The van der Waals surface area contributed by atoms with E-state index in [1.165, 1.54) is 0 Å². The molecule has 2 unspecified atom stereocenters. The highest BCUT2D eigenvalue weighted by Gasteiger charge is 2.19. The largest absolute Gasteiger partial charge is 0.385 e. The van der Waals surface area contributed by atoms with Crippen molar-refractivity contribution in [1.82, 2.24) is 0 Å². The van der Waals surface area contributed by atoms with Gasteiger partial charge in [0.1, 0.15) is 12.2 Å². The normalized spacial score (nSPS) is 11.6. The molecule has 10 heteroatoms. The van der Waals surface area contributed by atoms with E-state index in [2.05, 4.69) is 0 Å². The summed E-state index contributed by atoms with van der Waals surface area (Å²) in [7, 11) is 0. The lowest BCUT2D eigenvalue weighted by molar-refractivity contribution is -0.742. The third-order valence-corrected chi connectivity index (χ3v) is 2.58. The summed E-state index contributed by atoms with van der Waals surface area (Å²) < 4.78 is 0. The number of aliphatic hydroxyl groups excluding tert-OH is 2. The number of rotatable bonds is 3. The van der Waals surface area contributed by atoms with Crippen LogP contribution in [0.15, 0.2) is 60.7 Å². The topological polar surface area (TPSA) is 167 Å². The van der Waals surface area contributed by atoms with Gasteiger partial charge in [-0.05, 0) is 11.1 Å². The summed E-state index contributed by atoms with van der Waals surface area (Å²) in [5.41, 5.74) is 1.44. The molecule has 2 aromatic rings. The SMILES string of the molecule is O=[N+]([O-])O.O=[N+]([O-])O.OC(c1ccccc1)C(O)c1ccccc1. The number of nitrogens with zero attached hydrogens (tertiary/aromatic N) is 2. The molecular weight excluding hydrogens is 324 g/mol. The Morgan fingerprint density at radius 1 is 0.667 bits per heavy atom. The van der Waals surface area contributed by atoms with Crippen molar-refractivity contribution in [1.29, 1.82) is 0 Å². The summed E-state index contributed by atoms with van der Waals surface area (Å²) in [5.74, 6) is 0. The van der Waals surface area contributed by atoms with E-state index >= 15 is 0 Å². The van der Waals surface area contributed by atoms with Crippen molar-refractivity contribution in [2.45, 2.75) is 12.2 Å². The van der Waals surface area contributed by atoms with Crippen molar-refractivity contribution in [2.24, 2.45) is 0 Å². The van der Waals surface area contributed by atoms with Crippen LogP contribution in [0.4, 0.5) is 0 Å². The Balaban J connectivity index is 0.000000558. The van der Waals surface area contributed by atoms with Crippen LogP contribution in [0, 0.1) is 20.2 Å². The Hall–Kier alpha value is -3.24. The Bertz CT molecular complexity index is 545. The maximum absolute atomic E-state index is 9.99. The first-order valence-corrected chi connectivity index (χ1v) is 6.38. The monoisotopic (exact) mass is 340 g/mol. The van der Waals surface area contributed by atoms with Gasteiger partial charge in [0.15, 0.2) is 0 Å². The molecule has 0 radical (unpaired) electrons. The molecule has 2 atom stereocenters. The minimum atomic E-state index is -1.50. The van der Waals surface area contributed by atoms with Gasteiger partial charge in [-0.2, -0.15) is 0 Å². The first kappa shape index (κ1) is 20.8. The zero-order valence-corrected chi connectivity index (χ0v) is 12.2.